The first-order chi connectivity index (χ1) is 12.0. The Kier molecular flexibility index (Phi) is 5.07. The number of urea groups is 1. The number of likely N-dealkylation sites (tertiary alicyclic amines) is 1. The molecule has 1 saturated heterocycles. The molecule has 0 bridgehead atoms. The van der Waals surface area contributed by atoms with E-state index in [1.807, 2.05) is 19.1 Å². The van der Waals surface area contributed by atoms with Gasteiger partial charge in [0.05, 0.1) is 0 Å². The number of aromatic nitrogens is 2. The van der Waals surface area contributed by atoms with Gasteiger partial charge in [0.15, 0.2) is 5.82 Å². The summed E-state index contributed by atoms with van der Waals surface area (Å²) in [5.74, 6) is 0.432. The molecule has 2 heterocycles. The second kappa shape index (κ2) is 7.42. The number of hydrogen-bond donors (Lipinski definition) is 1. The van der Waals surface area contributed by atoms with Crippen molar-refractivity contribution in [3.8, 4) is 0 Å². The molecule has 3 rings (SSSR count). The van der Waals surface area contributed by atoms with Crippen LogP contribution in [0.5, 0.6) is 0 Å². The van der Waals surface area contributed by atoms with Crippen LogP contribution < -0.4 is 5.32 Å². The molecule has 2 amide bonds. The number of benzene rings is 1. The first-order valence-corrected chi connectivity index (χ1v) is 8.32. The van der Waals surface area contributed by atoms with E-state index in [1.54, 1.807) is 29.3 Å². The largest absolute Gasteiger partial charge is 0.324 e. The predicted octanol–water partition coefficient (Wildman–Crippen LogP) is 3.88. The van der Waals surface area contributed by atoms with Gasteiger partial charge >= 0.3 is 6.03 Å². The monoisotopic (exact) mass is 340 g/mol. The number of nitrogens with zero attached hydrogens (tertiary/aromatic N) is 3. The summed E-state index contributed by atoms with van der Waals surface area (Å²) in [6, 6.07) is 8.29. The average molecular weight is 340 g/mol. The van der Waals surface area contributed by atoms with Crippen LogP contribution in [0.3, 0.4) is 0 Å². The van der Waals surface area contributed by atoms with E-state index in [2.05, 4.69) is 22.4 Å². The number of halogens is 1. The van der Waals surface area contributed by atoms with Crippen molar-refractivity contribution in [2.45, 2.75) is 20.3 Å². The third-order valence-electron chi connectivity index (χ3n) is 4.31. The molecule has 2 aromatic rings. The van der Waals surface area contributed by atoms with E-state index in [4.69, 9.17) is 0 Å². The zero-order chi connectivity index (χ0) is 17.8. The topological polar surface area (TPSA) is 58.1 Å². The first-order valence-electron chi connectivity index (χ1n) is 8.32. The fourth-order valence-electron chi connectivity index (χ4n) is 3.07. The maximum Gasteiger partial charge on any atom is 0.323 e. The van der Waals surface area contributed by atoms with E-state index < -0.39 is 0 Å². The third-order valence-corrected chi connectivity index (χ3v) is 4.31. The van der Waals surface area contributed by atoms with Gasteiger partial charge in [-0.05, 0) is 54.7 Å². The van der Waals surface area contributed by atoms with E-state index in [0.29, 0.717) is 18.9 Å². The summed E-state index contributed by atoms with van der Waals surface area (Å²) < 4.78 is 13.6. The number of carbonyl (C=O) groups is 1. The van der Waals surface area contributed by atoms with Gasteiger partial charge in [0.1, 0.15) is 5.82 Å². The van der Waals surface area contributed by atoms with Gasteiger partial charge < -0.3 is 4.90 Å². The molecule has 1 atom stereocenters. The van der Waals surface area contributed by atoms with Gasteiger partial charge in [-0.3, -0.25) is 5.32 Å². The highest BCUT2D eigenvalue weighted by Crippen LogP contribution is 2.26. The van der Waals surface area contributed by atoms with E-state index >= 15 is 0 Å². The van der Waals surface area contributed by atoms with Gasteiger partial charge in [0, 0.05) is 19.3 Å². The van der Waals surface area contributed by atoms with Crippen molar-refractivity contribution in [3.63, 3.8) is 0 Å². The van der Waals surface area contributed by atoms with Gasteiger partial charge in [0.2, 0.25) is 0 Å². The van der Waals surface area contributed by atoms with Crippen molar-refractivity contribution in [3.05, 3.63) is 59.0 Å². The molecule has 0 aliphatic carbocycles. The molecular weight excluding hydrogens is 319 g/mol. The number of piperidine rings is 1. The van der Waals surface area contributed by atoms with Crippen LogP contribution in [0.4, 0.5) is 15.0 Å². The Labute approximate surface area is 146 Å². The molecule has 1 aromatic heterocycles. The number of carbonyl (C=O) groups excluding carboxylic acids is 1. The summed E-state index contributed by atoms with van der Waals surface area (Å²) in [7, 11) is 0. The van der Waals surface area contributed by atoms with Crippen LogP contribution in [0, 0.1) is 18.7 Å². The number of aryl methyl sites for hydroxylation is 1. The maximum absolute atomic E-state index is 13.6. The molecule has 25 heavy (non-hydrogen) atoms. The van der Waals surface area contributed by atoms with Crippen molar-refractivity contribution in [1.82, 2.24) is 15.1 Å². The minimum atomic E-state index is -0.222. The lowest BCUT2D eigenvalue weighted by Crippen LogP contribution is -2.42. The van der Waals surface area contributed by atoms with Crippen LogP contribution in [-0.2, 0) is 0 Å². The number of amides is 2. The number of rotatable bonds is 2. The molecule has 1 unspecified atom stereocenters. The lowest BCUT2D eigenvalue weighted by Gasteiger charge is -2.33. The molecule has 5 nitrogen and oxygen atoms in total. The second-order valence-electron chi connectivity index (χ2n) is 6.42. The summed E-state index contributed by atoms with van der Waals surface area (Å²) in [4.78, 5) is 14.1. The van der Waals surface area contributed by atoms with Crippen LogP contribution in [-0.4, -0.2) is 34.2 Å². The van der Waals surface area contributed by atoms with Crippen LogP contribution in [0.2, 0.25) is 0 Å². The lowest BCUT2D eigenvalue weighted by atomic mass is 9.91. The van der Waals surface area contributed by atoms with Crippen molar-refractivity contribution >= 4 is 17.9 Å². The minimum Gasteiger partial charge on any atom is -0.324 e. The summed E-state index contributed by atoms with van der Waals surface area (Å²) in [6.45, 7) is 5.20. The third kappa shape index (κ3) is 4.41. The Hall–Kier alpha value is -2.76. The van der Waals surface area contributed by atoms with Crippen molar-refractivity contribution in [2.24, 2.45) is 5.92 Å². The number of nitrogens with one attached hydrogen (secondary N) is 1. The molecule has 0 radical (unpaired) electrons. The van der Waals surface area contributed by atoms with E-state index in [1.165, 1.54) is 11.6 Å². The Bertz CT molecular complexity index is 771. The summed E-state index contributed by atoms with van der Waals surface area (Å²) in [6.07, 6.45) is 4.37. The number of hydrogen-bond acceptors (Lipinski definition) is 3. The normalized spacial score (nSPS) is 19.1. The van der Waals surface area contributed by atoms with E-state index in [0.717, 1.165) is 17.5 Å². The lowest BCUT2D eigenvalue weighted by molar-refractivity contribution is 0.197. The van der Waals surface area contributed by atoms with Crippen LogP contribution in [0.1, 0.15) is 24.5 Å². The molecule has 1 aliphatic rings. The SMILES string of the molecule is Cc1cc(F)cc(C=C2CCN(C(=O)Nc3cccnn3)CC2C)c1. The minimum absolute atomic E-state index is 0.173. The number of anilines is 1. The zero-order valence-electron chi connectivity index (χ0n) is 14.4. The quantitative estimate of drug-likeness (QED) is 0.902. The Balaban J connectivity index is 1.66. The highest BCUT2D eigenvalue weighted by atomic mass is 19.1. The fraction of sp³-hybridized carbons (Fsp3) is 0.316. The predicted molar refractivity (Wildman–Crippen MR) is 95.5 cm³/mol. The molecule has 1 aromatic carbocycles. The van der Waals surface area contributed by atoms with Crippen LogP contribution >= 0.6 is 0 Å². The highest BCUT2D eigenvalue weighted by Gasteiger charge is 2.24. The average Bonchev–Trinajstić information content (AvgIpc) is 2.56. The molecule has 0 saturated carbocycles. The molecule has 0 spiro atoms. The van der Waals surface area contributed by atoms with Crippen molar-refractivity contribution < 1.29 is 9.18 Å². The molecule has 1 N–H and O–H groups in total. The highest BCUT2D eigenvalue weighted by molar-refractivity contribution is 5.88. The summed E-state index contributed by atoms with van der Waals surface area (Å²) in [5.41, 5.74) is 3.01. The van der Waals surface area contributed by atoms with Gasteiger partial charge in [-0.1, -0.05) is 24.6 Å². The standard InChI is InChI=1S/C19H21FN4O/c1-13-8-15(11-17(20)9-13)10-16-5-7-24(12-14(16)2)19(25)22-18-4-3-6-21-23-18/h3-4,6,8-11,14H,5,7,12H2,1-2H3,(H,22,23,25). The molecule has 1 fully saturated rings. The Morgan fingerprint density at radius 3 is 2.92 bits per heavy atom. The van der Waals surface area contributed by atoms with Crippen LogP contribution in [0.25, 0.3) is 6.08 Å². The molecule has 130 valence electrons. The zero-order valence-corrected chi connectivity index (χ0v) is 14.4. The van der Waals surface area contributed by atoms with Crippen molar-refractivity contribution in [2.75, 3.05) is 18.4 Å². The molecule has 6 heteroatoms. The Morgan fingerprint density at radius 2 is 2.24 bits per heavy atom. The van der Waals surface area contributed by atoms with E-state index in [9.17, 15) is 9.18 Å². The smallest absolute Gasteiger partial charge is 0.323 e. The van der Waals surface area contributed by atoms with Gasteiger partial charge in [-0.2, -0.15) is 5.10 Å². The molecular formula is C19H21FN4O. The first kappa shape index (κ1) is 17.1. The van der Waals surface area contributed by atoms with Crippen LogP contribution in [0.15, 0.2) is 42.1 Å². The second-order valence-corrected chi connectivity index (χ2v) is 6.42. The van der Waals surface area contributed by atoms with E-state index in [-0.39, 0.29) is 17.8 Å². The fourth-order valence-corrected chi connectivity index (χ4v) is 3.07. The van der Waals surface area contributed by atoms with Gasteiger partial charge in [0.25, 0.3) is 0 Å². The molecule has 1 aliphatic heterocycles. The summed E-state index contributed by atoms with van der Waals surface area (Å²) in [5, 5.41) is 10.4. The summed E-state index contributed by atoms with van der Waals surface area (Å²) >= 11 is 0. The van der Waals surface area contributed by atoms with Gasteiger partial charge in [-0.15, -0.1) is 5.10 Å². The maximum atomic E-state index is 13.6. The Morgan fingerprint density at radius 1 is 1.40 bits per heavy atom. The van der Waals surface area contributed by atoms with Crippen molar-refractivity contribution in [1.29, 1.82) is 0 Å². The van der Waals surface area contributed by atoms with Gasteiger partial charge in [-0.25, -0.2) is 9.18 Å².